The van der Waals surface area contributed by atoms with Crippen LogP contribution in [-0.4, -0.2) is 22.8 Å². The summed E-state index contributed by atoms with van der Waals surface area (Å²) in [6.45, 7) is 1.58. The fraction of sp³-hybridized carbons (Fsp3) is 0.400. The number of rotatable bonds is 1. The van der Waals surface area contributed by atoms with Gasteiger partial charge in [-0.15, -0.1) is 11.3 Å². The number of aryl methyl sites for hydroxylation is 1. The average molecular weight is 225 g/mol. The second-order valence-corrected chi connectivity index (χ2v) is 5.11. The molecule has 0 aromatic carbocycles. The number of amides is 2. The minimum Gasteiger partial charge on any atom is -0.270 e. The van der Waals surface area contributed by atoms with Gasteiger partial charge in [-0.25, -0.2) is 4.39 Å². The van der Waals surface area contributed by atoms with E-state index in [2.05, 4.69) is 0 Å². The van der Waals surface area contributed by atoms with E-state index in [1.54, 1.807) is 6.92 Å². The summed E-state index contributed by atoms with van der Waals surface area (Å²) in [7, 11) is 0. The van der Waals surface area contributed by atoms with E-state index in [9.17, 15) is 14.0 Å². The number of hydrogen-bond donors (Lipinski definition) is 0. The standard InChI is InChI=1S/C10H8FNO2S/c1-4-7(11)6-8(15-4)10(14)12(9(6)13)5-2-3-5/h5H,2-3H2,1H3. The number of carbonyl (C=O) groups excluding carboxylic acids is 2. The van der Waals surface area contributed by atoms with Gasteiger partial charge >= 0.3 is 0 Å². The van der Waals surface area contributed by atoms with Crippen molar-refractivity contribution in [1.29, 1.82) is 0 Å². The van der Waals surface area contributed by atoms with Crippen LogP contribution in [0.2, 0.25) is 0 Å². The van der Waals surface area contributed by atoms with Crippen molar-refractivity contribution in [1.82, 2.24) is 4.90 Å². The Morgan fingerprint density at radius 2 is 2.00 bits per heavy atom. The van der Waals surface area contributed by atoms with Gasteiger partial charge in [0.25, 0.3) is 11.8 Å². The molecule has 1 aromatic rings. The summed E-state index contributed by atoms with van der Waals surface area (Å²) in [6.07, 6.45) is 1.71. The van der Waals surface area contributed by atoms with Crippen LogP contribution in [0.5, 0.6) is 0 Å². The monoisotopic (exact) mass is 225 g/mol. The maximum atomic E-state index is 13.6. The molecule has 2 amide bonds. The molecule has 1 aliphatic carbocycles. The van der Waals surface area contributed by atoms with Crippen molar-refractivity contribution in [2.24, 2.45) is 0 Å². The first-order valence-electron chi connectivity index (χ1n) is 4.78. The van der Waals surface area contributed by atoms with Gasteiger partial charge in [-0.2, -0.15) is 0 Å². The molecule has 1 saturated carbocycles. The van der Waals surface area contributed by atoms with Gasteiger partial charge in [0.1, 0.15) is 10.7 Å². The lowest BCUT2D eigenvalue weighted by Crippen LogP contribution is -2.32. The van der Waals surface area contributed by atoms with Gasteiger partial charge < -0.3 is 0 Å². The average Bonchev–Trinajstić information content (AvgIpc) is 2.92. The Hall–Kier alpha value is -1.23. The third-order valence-electron chi connectivity index (χ3n) is 2.77. The molecule has 3 rings (SSSR count). The first kappa shape index (κ1) is 9.03. The number of carbonyl (C=O) groups is 2. The Bertz CT molecular complexity index is 490. The summed E-state index contributed by atoms with van der Waals surface area (Å²) in [5, 5.41) is 0. The topological polar surface area (TPSA) is 37.4 Å². The predicted octanol–water partition coefficient (Wildman–Crippen LogP) is 1.95. The predicted molar refractivity (Wildman–Crippen MR) is 52.5 cm³/mol. The smallest absolute Gasteiger partial charge is 0.270 e. The molecule has 0 saturated heterocycles. The van der Waals surface area contributed by atoms with Gasteiger partial charge in [0, 0.05) is 10.9 Å². The normalized spacial score (nSPS) is 20.0. The summed E-state index contributed by atoms with van der Waals surface area (Å²) in [5.74, 6) is -1.27. The van der Waals surface area contributed by atoms with Crippen LogP contribution in [0.4, 0.5) is 4.39 Å². The minimum absolute atomic E-state index is 0.00519. The summed E-state index contributed by atoms with van der Waals surface area (Å²) in [4.78, 5) is 25.5. The largest absolute Gasteiger partial charge is 0.272 e. The maximum Gasteiger partial charge on any atom is 0.272 e. The fourth-order valence-electron chi connectivity index (χ4n) is 1.85. The molecule has 3 nitrogen and oxygen atoms in total. The molecule has 0 bridgehead atoms. The molecule has 0 unspecified atom stereocenters. The number of hydrogen-bond acceptors (Lipinski definition) is 3. The number of fused-ring (bicyclic) bond motifs is 1. The van der Waals surface area contributed by atoms with E-state index < -0.39 is 11.7 Å². The molecule has 2 aliphatic rings. The summed E-state index contributed by atoms with van der Waals surface area (Å²) in [5.41, 5.74) is -0.00519. The van der Waals surface area contributed by atoms with E-state index in [1.807, 2.05) is 0 Å². The third-order valence-corrected chi connectivity index (χ3v) is 3.84. The van der Waals surface area contributed by atoms with Crippen molar-refractivity contribution >= 4 is 23.2 Å². The molecule has 78 valence electrons. The summed E-state index contributed by atoms with van der Waals surface area (Å²) < 4.78 is 13.6. The van der Waals surface area contributed by atoms with E-state index in [0.29, 0.717) is 4.88 Å². The van der Waals surface area contributed by atoms with E-state index in [0.717, 1.165) is 24.2 Å². The molecule has 5 heteroatoms. The van der Waals surface area contributed by atoms with Crippen LogP contribution in [0, 0.1) is 12.7 Å². The molecule has 15 heavy (non-hydrogen) atoms. The van der Waals surface area contributed by atoms with Crippen molar-refractivity contribution < 1.29 is 14.0 Å². The zero-order valence-corrected chi connectivity index (χ0v) is 8.86. The highest BCUT2D eigenvalue weighted by atomic mass is 32.1. The highest BCUT2D eigenvalue weighted by Crippen LogP contribution is 2.39. The van der Waals surface area contributed by atoms with Crippen molar-refractivity contribution in [3.05, 3.63) is 21.1 Å². The Balaban J connectivity index is 2.14. The van der Waals surface area contributed by atoms with Crippen LogP contribution in [0.3, 0.4) is 0 Å². The number of halogens is 1. The van der Waals surface area contributed by atoms with Gasteiger partial charge in [0.05, 0.1) is 5.56 Å². The quantitative estimate of drug-likeness (QED) is 0.685. The van der Waals surface area contributed by atoms with Gasteiger partial charge in [-0.05, 0) is 19.8 Å². The van der Waals surface area contributed by atoms with Crippen molar-refractivity contribution in [3.63, 3.8) is 0 Å². The van der Waals surface area contributed by atoms with Crippen LogP contribution in [0.1, 0.15) is 37.7 Å². The van der Waals surface area contributed by atoms with E-state index in [1.165, 1.54) is 4.90 Å². The minimum atomic E-state index is -0.517. The van der Waals surface area contributed by atoms with Crippen LogP contribution < -0.4 is 0 Å². The molecular weight excluding hydrogens is 217 g/mol. The van der Waals surface area contributed by atoms with Gasteiger partial charge in [0.15, 0.2) is 0 Å². The fourth-order valence-corrected chi connectivity index (χ4v) is 2.82. The Morgan fingerprint density at radius 1 is 1.33 bits per heavy atom. The molecule has 1 aliphatic heterocycles. The lowest BCUT2D eigenvalue weighted by molar-refractivity contribution is 0.0642. The number of imide groups is 1. The van der Waals surface area contributed by atoms with Crippen LogP contribution in [0.15, 0.2) is 0 Å². The number of thiophene rings is 1. The molecular formula is C10H8FNO2S. The zero-order chi connectivity index (χ0) is 10.7. The molecule has 0 N–H and O–H groups in total. The molecule has 1 fully saturated rings. The van der Waals surface area contributed by atoms with Crippen LogP contribution >= 0.6 is 11.3 Å². The summed E-state index contributed by atoms with van der Waals surface area (Å²) >= 11 is 1.08. The maximum absolute atomic E-state index is 13.6. The van der Waals surface area contributed by atoms with Crippen molar-refractivity contribution in [2.75, 3.05) is 0 Å². The highest BCUT2D eigenvalue weighted by Gasteiger charge is 2.47. The Labute approximate surface area is 89.5 Å². The van der Waals surface area contributed by atoms with Gasteiger partial charge in [-0.1, -0.05) is 0 Å². The SMILES string of the molecule is Cc1sc2c(c1F)C(=O)N(C1CC1)C2=O. The van der Waals surface area contributed by atoms with Crippen molar-refractivity contribution in [3.8, 4) is 0 Å². The van der Waals surface area contributed by atoms with E-state index in [-0.39, 0.29) is 22.4 Å². The van der Waals surface area contributed by atoms with Gasteiger partial charge in [0.2, 0.25) is 0 Å². The molecule has 2 heterocycles. The lowest BCUT2D eigenvalue weighted by atomic mass is 10.2. The third kappa shape index (κ3) is 1.04. The molecule has 0 atom stereocenters. The Morgan fingerprint density at radius 3 is 2.53 bits per heavy atom. The first-order chi connectivity index (χ1) is 7.11. The highest BCUT2D eigenvalue weighted by molar-refractivity contribution is 7.14. The van der Waals surface area contributed by atoms with E-state index in [4.69, 9.17) is 0 Å². The number of nitrogens with zero attached hydrogens (tertiary/aromatic N) is 1. The van der Waals surface area contributed by atoms with Gasteiger partial charge in [-0.3, -0.25) is 14.5 Å². The molecule has 0 radical (unpaired) electrons. The second-order valence-electron chi connectivity index (χ2n) is 3.89. The lowest BCUT2D eigenvalue weighted by Gasteiger charge is -2.11. The summed E-state index contributed by atoms with van der Waals surface area (Å²) in [6, 6.07) is 0.0179. The van der Waals surface area contributed by atoms with Crippen molar-refractivity contribution in [2.45, 2.75) is 25.8 Å². The second kappa shape index (κ2) is 2.66. The van der Waals surface area contributed by atoms with Crippen LogP contribution in [-0.2, 0) is 0 Å². The Kier molecular flexibility index (Phi) is 1.60. The zero-order valence-electron chi connectivity index (χ0n) is 8.04. The first-order valence-corrected chi connectivity index (χ1v) is 5.59. The van der Waals surface area contributed by atoms with Crippen LogP contribution in [0.25, 0.3) is 0 Å². The molecule has 1 aromatic heterocycles. The molecule has 0 spiro atoms. The van der Waals surface area contributed by atoms with E-state index >= 15 is 0 Å².